The molecule has 0 saturated heterocycles. The van der Waals surface area contributed by atoms with Crippen molar-refractivity contribution >= 4 is 23.1 Å². The average molecular weight is 317 g/mol. The molecule has 0 aliphatic rings. The van der Waals surface area contributed by atoms with E-state index < -0.39 is 23.9 Å². The molecule has 2 heterocycles. The normalized spacial score (nSPS) is 13.0. The number of anilines is 1. The number of aromatic nitrogens is 2. The van der Waals surface area contributed by atoms with E-state index in [1.165, 1.54) is 11.3 Å². The summed E-state index contributed by atoms with van der Waals surface area (Å²) in [5.41, 5.74) is -1.48. The third-order valence-electron chi connectivity index (χ3n) is 2.59. The topological polar surface area (TPSA) is 75.1 Å². The second-order valence-electron chi connectivity index (χ2n) is 4.13. The fourth-order valence-electron chi connectivity index (χ4n) is 1.61. The lowest BCUT2D eigenvalue weighted by Gasteiger charge is -2.15. The highest BCUT2D eigenvalue weighted by molar-refractivity contribution is 7.09. The number of carbonyl (C=O) groups is 1. The minimum atomic E-state index is -4.64. The van der Waals surface area contributed by atoms with Crippen LogP contribution < -0.4 is 5.32 Å². The summed E-state index contributed by atoms with van der Waals surface area (Å²) < 4.78 is 38.0. The van der Waals surface area contributed by atoms with Gasteiger partial charge in [0.2, 0.25) is 0 Å². The number of aromatic carboxylic acids is 1. The first-order valence-electron chi connectivity index (χ1n) is 5.76. The highest BCUT2D eigenvalue weighted by atomic mass is 32.1. The summed E-state index contributed by atoms with van der Waals surface area (Å²) in [4.78, 5) is 18.5. The number of carboxylic acid groups (broad SMARTS) is 1. The van der Waals surface area contributed by atoms with E-state index in [2.05, 4.69) is 15.3 Å². The molecule has 0 bridgehead atoms. The third kappa shape index (κ3) is 3.48. The van der Waals surface area contributed by atoms with Crippen molar-refractivity contribution in [1.29, 1.82) is 0 Å². The summed E-state index contributed by atoms with van der Waals surface area (Å²) in [6.45, 7) is 1.66. The molecule has 112 valence electrons. The molecule has 0 aliphatic carbocycles. The largest absolute Gasteiger partial charge is 0.478 e. The second kappa shape index (κ2) is 5.68. The van der Waals surface area contributed by atoms with Crippen molar-refractivity contribution in [3.8, 4) is 0 Å². The summed E-state index contributed by atoms with van der Waals surface area (Å²) in [5.74, 6) is -1.69. The van der Waals surface area contributed by atoms with E-state index in [-0.39, 0.29) is 11.4 Å². The first-order chi connectivity index (χ1) is 9.79. The average Bonchev–Trinajstić information content (AvgIpc) is 2.91. The molecule has 0 radical (unpaired) electrons. The molecule has 0 saturated carbocycles. The molecule has 0 aromatic carbocycles. The summed E-state index contributed by atoms with van der Waals surface area (Å²) in [6.07, 6.45) is -3.09. The Labute approximate surface area is 121 Å². The zero-order valence-electron chi connectivity index (χ0n) is 10.7. The number of pyridine rings is 1. The number of thiazole rings is 1. The van der Waals surface area contributed by atoms with Gasteiger partial charge in [-0.05, 0) is 19.1 Å². The number of rotatable bonds is 4. The predicted molar refractivity (Wildman–Crippen MR) is 70.4 cm³/mol. The van der Waals surface area contributed by atoms with Gasteiger partial charge in [-0.2, -0.15) is 13.2 Å². The monoisotopic (exact) mass is 317 g/mol. The van der Waals surface area contributed by atoms with Crippen LogP contribution in [0.2, 0.25) is 0 Å². The summed E-state index contributed by atoms with van der Waals surface area (Å²) in [7, 11) is 0. The summed E-state index contributed by atoms with van der Waals surface area (Å²) in [6, 6.07) is 1.07. The molecule has 0 spiro atoms. The Morgan fingerprint density at radius 1 is 1.43 bits per heavy atom. The molecule has 2 aromatic heterocycles. The van der Waals surface area contributed by atoms with E-state index in [0.717, 1.165) is 6.07 Å². The first-order valence-corrected chi connectivity index (χ1v) is 6.64. The maximum absolute atomic E-state index is 12.7. The van der Waals surface area contributed by atoms with Crippen LogP contribution >= 0.6 is 11.3 Å². The molecule has 2 N–H and O–H groups in total. The zero-order chi connectivity index (χ0) is 15.6. The number of hydrogen-bond acceptors (Lipinski definition) is 5. The number of carboxylic acids is 1. The Balaban J connectivity index is 2.37. The lowest BCUT2D eigenvalue weighted by Crippen LogP contribution is -2.16. The van der Waals surface area contributed by atoms with Crippen LogP contribution in [0.3, 0.4) is 0 Å². The SMILES string of the molecule is CC(Nc1nc(C(F)(F)F)ccc1C(=O)O)c1nccs1. The van der Waals surface area contributed by atoms with E-state index in [0.29, 0.717) is 11.1 Å². The number of nitrogens with one attached hydrogen (secondary N) is 1. The van der Waals surface area contributed by atoms with E-state index >= 15 is 0 Å². The van der Waals surface area contributed by atoms with Crippen molar-refractivity contribution in [3.63, 3.8) is 0 Å². The van der Waals surface area contributed by atoms with Gasteiger partial charge in [0.05, 0.1) is 6.04 Å². The van der Waals surface area contributed by atoms with Crippen LogP contribution in [0.25, 0.3) is 0 Å². The van der Waals surface area contributed by atoms with Crippen molar-refractivity contribution in [2.45, 2.75) is 19.1 Å². The fourth-order valence-corrected chi connectivity index (χ4v) is 2.26. The minimum Gasteiger partial charge on any atom is -0.478 e. The van der Waals surface area contributed by atoms with Crippen LogP contribution in [-0.4, -0.2) is 21.0 Å². The molecule has 21 heavy (non-hydrogen) atoms. The van der Waals surface area contributed by atoms with Gasteiger partial charge in [0.25, 0.3) is 0 Å². The summed E-state index contributed by atoms with van der Waals surface area (Å²) >= 11 is 1.30. The highest BCUT2D eigenvalue weighted by Gasteiger charge is 2.33. The standard InChI is InChI=1S/C12H10F3N3O2S/c1-6(10-16-4-5-21-10)17-9-7(11(19)20)2-3-8(18-9)12(13,14)15/h2-6H,1H3,(H,17,18)(H,19,20). The maximum atomic E-state index is 12.7. The Hall–Kier alpha value is -2.16. The fraction of sp³-hybridized carbons (Fsp3) is 0.250. The first kappa shape index (κ1) is 15.2. The molecule has 5 nitrogen and oxygen atoms in total. The number of hydrogen-bond donors (Lipinski definition) is 2. The summed E-state index contributed by atoms with van der Waals surface area (Å²) in [5, 5.41) is 14.0. The second-order valence-corrected chi connectivity index (χ2v) is 5.06. The van der Waals surface area contributed by atoms with Gasteiger partial charge in [0.15, 0.2) is 0 Å². The van der Waals surface area contributed by atoms with Crippen LogP contribution in [0.1, 0.15) is 34.0 Å². The Morgan fingerprint density at radius 3 is 2.67 bits per heavy atom. The number of alkyl halides is 3. The van der Waals surface area contributed by atoms with Gasteiger partial charge in [-0.15, -0.1) is 11.3 Å². The van der Waals surface area contributed by atoms with Gasteiger partial charge in [-0.25, -0.2) is 14.8 Å². The van der Waals surface area contributed by atoms with Crippen molar-refractivity contribution in [2.24, 2.45) is 0 Å². The molecular weight excluding hydrogens is 307 g/mol. The van der Waals surface area contributed by atoms with Gasteiger partial charge in [0, 0.05) is 11.6 Å². The van der Waals surface area contributed by atoms with Crippen LogP contribution in [0.5, 0.6) is 0 Å². The molecule has 2 aromatic rings. The lowest BCUT2D eigenvalue weighted by atomic mass is 10.2. The van der Waals surface area contributed by atoms with Crippen LogP contribution in [0.4, 0.5) is 19.0 Å². The molecule has 9 heteroatoms. The van der Waals surface area contributed by atoms with E-state index in [1.54, 1.807) is 18.5 Å². The van der Waals surface area contributed by atoms with Crippen LogP contribution in [0.15, 0.2) is 23.7 Å². The van der Waals surface area contributed by atoms with Crippen LogP contribution in [0, 0.1) is 0 Å². The Bertz CT molecular complexity index is 644. The van der Waals surface area contributed by atoms with Crippen molar-refractivity contribution in [3.05, 3.63) is 40.0 Å². The minimum absolute atomic E-state index is 0.327. The molecule has 0 aliphatic heterocycles. The van der Waals surface area contributed by atoms with E-state index in [9.17, 15) is 18.0 Å². The molecule has 0 fully saturated rings. The van der Waals surface area contributed by atoms with E-state index in [4.69, 9.17) is 5.11 Å². The number of halogens is 3. The van der Waals surface area contributed by atoms with E-state index in [1.807, 2.05) is 0 Å². The maximum Gasteiger partial charge on any atom is 0.433 e. The quantitative estimate of drug-likeness (QED) is 0.903. The van der Waals surface area contributed by atoms with Gasteiger partial charge in [-0.1, -0.05) is 0 Å². The van der Waals surface area contributed by atoms with Crippen LogP contribution in [-0.2, 0) is 6.18 Å². The Kier molecular flexibility index (Phi) is 4.12. The predicted octanol–water partition coefficient (Wildman–Crippen LogP) is 3.43. The van der Waals surface area contributed by atoms with Gasteiger partial charge >= 0.3 is 12.1 Å². The zero-order valence-corrected chi connectivity index (χ0v) is 11.5. The smallest absolute Gasteiger partial charge is 0.433 e. The van der Waals surface area contributed by atoms with Gasteiger partial charge in [0.1, 0.15) is 22.1 Å². The van der Waals surface area contributed by atoms with Gasteiger partial charge < -0.3 is 10.4 Å². The third-order valence-corrected chi connectivity index (χ3v) is 3.55. The molecule has 1 unspecified atom stereocenters. The van der Waals surface area contributed by atoms with Crippen molar-refractivity contribution in [1.82, 2.24) is 9.97 Å². The molecular formula is C12H10F3N3O2S. The molecule has 1 atom stereocenters. The van der Waals surface area contributed by atoms with Gasteiger partial charge in [-0.3, -0.25) is 0 Å². The molecule has 2 rings (SSSR count). The van der Waals surface area contributed by atoms with Crippen molar-refractivity contribution < 1.29 is 23.1 Å². The Morgan fingerprint density at radius 2 is 2.14 bits per heavy atom. The molecule has 0 amide bonds. The lowest BCUT2D eigenvalue weighted by molar-refractivity contribution is -0.141. The number of nitrogens with zero attached hydrogens (tertiary/aromatic N) is 2. The highest BCUT2D eigenvalue weighted by Crippen LogP contribution is 2.30. The van der Waals surface area contributed by atoms with Crippen molar-refractivity contribution in [2.75, 3.05) is 5.32 Å².